The van der Waals surface area contributed by atoms with E-state index >= 15 is 0 Å². The van der Waals surface area contributed by atoms with Gasteiger partial charge in [-0.05, 0) is 31.4 Å². The molecule has 0 spiro atoms. The first-order valence-electron chi connectivity index (χ1n) is 8.19. The molecular formula is C19H24O6. The van der Waals surface area contributed by atoms with Gasteiger partial charge in [-0.15, -0.1) is 0 Å². The van der Waals surface area contributed by atoms with E-state index < -0.39 is 35.3 Å². The van der Waals surface area contributed by atoms with Crippen LogP contribution in [0.4, 0.5) is 0 Å². The van der Waals surface area contributed by atoms with Gasteiger partial charge in [-0.3, -0.25) is 14.4 Å². The van der Waals surface area contributed by atoms with Gasteiger partial charge < -0.3 is 14.2 Å². The van der Waals surface area contributed by atoms with Gasteiger partial charge in [-0.1, -0.05) is 24.3 Å². The average Bonchev–Trinajstić information content (AvgIpc) is 2.79. The molecule has 3 atom stereocenters. The summed E-state index contributed by atoms with van der Waals surface area (Å²) in [5.41, 5.74) is -0.136. The summed E-state index contributed by atoms with van der Waals surface area (Å²) in [5.74, 6) is -2.58. The van der Waals surface area contributed by atoms with Crippen LogP contribution in [0.2, 0.25) is 0 Å². The predicted molar refractivity (Wildman–Crippen MR) is 90.3 cm³/mol. The van der Waals surface area contributed by atoms with Crippen molar-refractivity contribution in [2.75, 3.05) is 14.2 Å². The Morgan fingerprint density at radius 3 is 2.24 bits per heavy atom. The predicted octanol–water partition coefficient (Wildman–Crippen LogP) is 2.35. The molecular weight excluding hydrogens is 324 g/mol. The summed E-state index contributed by atoms with van der Waals surface area (Å²) in [4.78, 5) is 36.9. The molecule has 2 aliphatic rings. The van der Waals surface area contributed by atoms with Gasteiger partial charge in [0.2, 0.25) is 0 Å². The van der Waals surface area contributed by atoms with E-state index in [0.717, 1.165) is 5.57 Å². The summed E-state index contributed by atoms with van der Waals surface area (Å²) in [6, 6.07) is 0. The van der Waals surface area contributed by atoms with Crippen LogP contribution < -0.4 is 0 Å². The first-order chi connectivity index (χ1) is 11.8. The highest BCUT2D eigenvalue weighted by Gasteiger charge is 2.61. The molecule has 0 aromatic carbocycles. The van der Waals surface area contributed by atoms with Crippen molar-refractivity contribution in [1.82, 2.24) is 0 Å². The second-order valence-electron chi connectivity index (χ2n) is 6.44. The fraction of sp³-hybridized carbons (Fsp3) is 0.526. The van der Waals surface area contributed by atoms with Crippen LogP contribution in [0.1, 0.15) is 26.7 Å². The number of rotatable bonds is 4. The van der Waals surface area contributed by atoms with Gasteiger partial charge in [0.25, 0.3) is 0 Å². The molecule has 0 heterocycles. The minimum atomic E-state index is -1.56. The maximum Gasteiger partial charge on any atom is 0.327 e. The SMILES string of the molecule is C=C(C)C1=CC(C(=O)OC)(C(=O)OC)[C@@H]2CCC=C[C@@H](OC(C)=O)[C@@H]12. The minimum Gasteiger partial charge on any atom is -0.468 e. The molecule has 0 aromatic rings. The van der Waals surface area contributed by atoms with Gasteiger partial charge in [0.05, 0.1) is 14.2 Å². The Kier molecular flexibility index (Phi) is 5.50. The lowest BCUT2D eigenvalue weighted by molar-refractivity contribution is -0.170. The van der Waals surface area contributed by atoms with Crippen molar-refractivity contribution >= 4 is 17.9 Å². The molecule has 0 aliphatic heterocycles. The number of ether oxygens (including phenoxy) is 3. The zero-order valence-corrected chi connectivity index (χ0v) is 15.0. The topological polar surface area (TPSA) is 78.9 Å². The third-order valence-corrected chi connectivity index (χ3v) is 4.93. The molecule has 0 fully saturated rings. The molecule has 0 saturated heterocycles. The Morgan fingerprint density at radius 1 is 1.16 bits per heavy atom. The highest BCUT2D eigenvalue weighted by Crippen LogP contribution is 2.53. The molecule has 6 nitrogen and oxygen atoms in total. The van der Waals surface area contributed by atoms with Crippen LogP contribution in [0.15, 0.2) is 36.0 Å². The fourth-order valence-corrected chi connectivity index (χ4v) is 3.94. The average molecular weight is 348 g/mol. The van der Waals surface area contributed by atoms with Gasteiger partial charge in [0.15, 0.2) is 5.41 Å². The molecule has 0 N–H and O–H groups in total. The van der Waals surface area contributed by atoms with Crippen molar-refractivity contribution in [3.05, 3.63) is 36.0 Å². The Labute approximate surface area is 147 Å². The van der Waals surface area contributed by atoms with Gasteiger partial charge in [0.1, 0.15) is 6.10 Å². The second-order valence-corrected chi connectivity index (χ2v) is 6.44. The quantitative estimate of drug-likeness (QED) is 0.336. The van der Waals surface area contributed by atoms with Gasteiger partial charge in [-0.25, -0.2) is 0 Å². The first-order valence-corrected chi connectivity index (χ1v) is 8.19. The van der Waals surface area contributed by atoms with Crippen molar-refractivity contribution in [3.63, 3.8) is 0 Å². The summed E-state index contributed by atoms with van der Waals surface area (Å²) < 4.78 is 15.4. The minimum absolute atomic E-state index is 0.363. The van der Waals surface area contributed by atoms with Crippen molar-refractivity contribution in [3.8, 4) is 0 Å². The second kappa shape index (κ2) is 7.25. The first kappa shape index (κ1) is 19.0. The van der Waals surface area contributed by atoms with Crippen LogP contribution >= 0.6 is 0 Å². The summed E-state index contributed by atoms with van der Waals surface area (Å²) in [5, 5.41) is 0. The summed E-state index contributed by atoms with van der Waals surface area (Å²) in [6.45, 7) is 7.10. The zero-order chi connectivity index (χ0) is 18.8. The lowest BCUT2D eigenvalue weighted by Gasteiger charge is -2.34. The van der Waals surface area contributed by atoms with Crippen LogP contribution in [0, 0.1) is 17.3 Å². The maximum atomic E-state index is 12.7. The molecule has 0 saturated carbocycles. The van der Waals surface area contributed by atoms with Gasteiger partial charge >= 0.3 is 17.9 Å². The monoisotopic (exact) mass is 348 g/mol. The third kappa shape index (κ3) is 3.13. The maximum absolute atomic E-state index is 12.7. The molecule has 2 rings (SSSR count). The van der Waals surface area contributed by atoms with E-state index in [1.165, 1.54) is 21.1 Å². The van der Waals surface area contributed by atoms with Crippen molar-refractivity contribution in [2.24, 2.45) is 17.3 Å². The number of hydrogen-bond acceptors (Lipinski definition) is 6. The standard InChI is InChI=1S/C19H24O6/c1-11(2)13-10-19(17(21)23-4,18(22)24-5)14-8-6-7-9-15(16(13)14)25-12(3)20/h7,9-10,14-16H,1,6,8H2,2-5H3/t14-,15-,16+/m1/s1. The van der Waals surface area contributed by atoms with E-state index in [4.69, 9.17) is 14.2 Å². The Hall–Kier alpha value is -2.37. The molecule has 0 aromatic heterocycles. The molecule has 0 bridgehead atoms. The van der Waals surface area contributed by atoms with Crippen molar-refractivity contribution in [2.45, 2.75) is 32.8 Å². The van der Waals surface area contributed by atoms with Gasteiger partial charge in [0, 0.05) is 18.8 Å². The Bertz CT molecular complexity index is 641. The molecule has 0 amide bonds. The number of hydrogen-bond donors (Lipinski definition) is 0. The Balaban J connectivity index is 2.65. The number of allylic oxidation sites excluding steroid dienone is 2. The summed E-state index contributed by atoms with van der Waals surface area (Å²) in [6.07, 6.45) is 5.93. The fourth-order valence-electron chi connectivity index (χ4n) is 3.94. The van der Waals surface area contributed by atoms with Crippen LogP contribution in [0.5, 0.6) is 0 Å². The summed E-state index contributed by atoms with van der Waals surface area (Å²) >= 11 is 0. The lowest BCUT2D eigenvalue weighted by atomic mass is 9.71. The lowest BCUT2D eigenvalue weighted by Crippen LogP contribution is -2.47. The molecule has 0 radical (unpaired) electrons. The molecule has 136 valence electrons. The largest absolute Gasteiger partial charge is 0.468 e. The molecule has 2 aliphatic carbocycles. The van der Waals surface area contributed by atoms with E-state index in [0.29, 0.717) is 18.4 Å². The van der Waals surface area contributed by atoms with E-state index in [-0.39, 0.29) is 5.92 Å². The van der Waals surface area contributed by atoms with E-state index in [1.807, 2.05) is 12.2 Å². The smallest absolute Gasteiger partial charge is 0.327 e. The number of carbonyl (C=O) groups excluding carboxylic acids is 3. The van der Waals surface area contributed by atoms with Crippen molar-refractivity contribution in [1.29, 1.82) is 0 Å². The zero-order valence-electron chi connectivity index (χ0n) is 15.0. The van der Waals surface area contributed by atoms with Gasteiger partial charge in [-0.2, -0.15) is 0 Å². The van der Waals surface area contributed by atoms with Crippen LogP contribution in [0.25, 0.3) is 0 Å². The Morgan fingerprint density at radius 2 is 1.76 bits per heavy atom. The molecule has 0 unspecified atom stereocenters. The third-order valence-electron chi connectivity index (χ3n) is 4.93. The van der Waals surface area contributed by atoms with E-state index in [9.17, 15) is 14.4 Å². The number of esters is 3. The van der Waals surface area contributed by atoms with Crippen LogP contribution in [0.3, 0.4) is 0 Å². The highest BCUT2D eigenvalue weighted by molar-refractivity contribution is 6.04. The number of methoxy groups -OCH3 is 2. The number of carbonyl (C=O) groups is 3. The van der Waals surface area contributed by atoms with Crippen molar-refractivity contribution < 1.29 is 28.6 Å². The molecule has 25 heavy (non-hydrogen) atoms. The van der Waals surface area contributed by atoms with E-state index in [2.05, 4.69) is 6.58 Å². The normalized spacial score (nSPS) is 26.7. The van der Waals surface area contributed by atoms with Crippen LogP contribution in [-0.2, 0) is 28.6 Å². The van der Waals surface area contributed by atoms with E-state index in [1.54, 1.807) is 13.0 Å². The molecule has 6 heteroatoms. The number of fused-ring (bicyclic) bond motifs is 1. The van der Waals surface area contributed by atoms with Crippen LogP contribution in [-0.4, -0.2) is 38.2 Å². The highest BCUT2D eigenvalue weighted by atomic mass is 16.6. The summed E-state index contributed by atoms with van der Waals surface area (Å²) in [7, 11) is 2.49.